The zero-order valence-corrected chi connectivity index (χ0v) is 15.2. The van der Waals surface area contributed by atoms with Crippen LogP contribution in [0.1, 0.15) is 23.5 Å². The number of para-hydroxylation sites is 1. The van der Waals surface area contributed by atoms with Crippen LogP contribution in [0.5, 0.6) is 0 Å². The van der Waals surface area contributed by atoms with Gasteiger partial charge in [0.2, 0.25) is 0 Å². The first-order valence-corrected chi connectivity index (χ1v) is 9.08. The van der Waals surface area contributed by atoms with Crippen molar-refractivity contribution >= 4 is 17.3 Å². The summed E-state index contributed by atoms with van der Waals surface area (Å²) in [6.07, 6.45) is 1.72. The lowest BCUT2D eigenvalue weighted by molar-refractivity contribution is 0.698. The van der Waals surface area contributed by atoms with E-state index in [0.717, 1.165) is 24.0 Å². The number of guanidine groups is 1. The zero-order valence-electron chi connectivity index (χ0n) is 14.4. The molecular formula is C18H22N6S. The van der Waals surface area contributed by atoms with Gasteiger partial charge in [-0.05, 0) is 23.6 Å². The van der Waals surface area contributed by atoms with Crippen molar-refractivity contribution in [2.45, 2.75) is 19.4 Å². The monoisotopic (exact) mass is 354 g/mol. The van der Waals surface area contributed by atoms with Gasteiger partial charge in [0, 0.05) is 30.1 Å². The summed E-state index contributed by atoms with van der Waals surface area (Å²) in [5.41, 5.74) is 1.04. The molecule has 0 radical (unpaired) electrons. The van der Waals surface area contributed by atoms with Gasteiger partial charge in [0.15, 0.2) is 11.8 Å². The highest BCUT2D eigenvalue weighted by Crippen LogP contribution is 2.19. The average molecular weight is 354 g/mol. The standard InChI is InChI=1S/C18H22N6S/c1-14(16-9-6-10-25-16)11-20-18(19-2)21-12-17-23-22-13-24(17)15-7-4-3-5-8-15/h3-10,13-14H,11-12H2,1-2H3,(H2,19,20,21). The maximum Gasteiger partial charge on any atom is 0.191 e. The highest BCUT2D eigenvalue weighted by atomic mass is 32.1. The summed E-state index contributed by atoms with van der Waals surface area (Å²) in [5, 5.41) is 17.0. The second-order valence-electron chi connectivity index (χ2n) is 5.68. The van der Waals surface area contributed by atoms with Crippen LogP contribution in [0.4, 0.5) is 0 Å². The number of aliphatic imine (C=N–C) groups is 1. The lowest BCUT2D eigenvalue weighted by Gasteiger charge is -2.15. The Hall–Kier alpha value is -2.67. The number of benzene rings is 1. The molecule has 1 aromatic carbocycles. The van der Waals surface area contributed by atoms with Gasteiger partial charge in [-0.15, -0.1) is 21.5 Å². The van der Waals surface area contributed by atoms with E-state index >= 15 is 0 Å². The Kier molecular flexibility index (Phi) is 5.79. The highest BCUT2D eigenvalue weighted by molar-refractivity contribution is 7.10. The molecule has 0 aliphatic rings. The number of hydrogen-bond donors (Lipinski definition) is 2. The highest BCUT2D eigenvalue weighted by Gasteiger charge is 2.09. The number of aromatic nitrogens is 3. The molecule has 0 bridgehead atoms. The van der Waals surface area contributed by atoms with Crippen LogP contribution in [-0.2, 0) is 6.54 Å². The van der Waals surface area contributed by atoms with Crippen LogP contribution in [0.15, 0.2) is 59.2 Å². The quantitative estimate of drug-likeness (QED) is 0.528. The summed E-state index contributed by atoms with van der Waals surface area (Å²) < 4.78 is 1.97. The molecule has 0 saturated heterocycles. The molecule has 0 amide bonds. The molecule has 0 aliphatic heterocycles. The zero-order chi connectivity index (χ0) is 17.5. The molecule has 0 fully saturated rings. The summed E-state index contributed by atoms with van der Waals surface area (Å²) in [6, 6.07) is 14.3. The molecular weight excluding hydrogens is 332 g/mol. The van der Waals surface area contributed by atoms with Crippen LogP contribution in [0.2, 0.25) is 0 Å². The van der Waals surface area contributed by atoms with E-state index < -0.39 is 0 Å². The fourth-order valence-electron chi connectivity index (χ4n) is 2.49. The average Bonchev–Trinajstić information content (AvgIpc) is 3.34. The van der Waals surface area contributed by atoms with Crippen LogP contribution in [0.3, 0.4) is 0 Å². The minimum absolute atomic E-state index is 0.437. The predicted octanol–water partition coefficient (Wildman–Crippen LogP) is 2.80. The van der Waals surface area contributed by atoms with Gasteiger partial charge in [0.25, 0.3) is 0 Å². The van der Waals surface area contributed by atoms with Crippen molar-refractivity contribution in [2.75, 3.05) is 13.6 Å². The number of thiophene rings is 1. The molecule has 1 unspecified atom stereocenters. The fourth-order valence-corrected chi connectivity index (χ4v) is 3.28. The predicted molar refractivity (Wildman–Crippen MR) is 102 cm³/mol. The van der Waals surface area contributed by atoms with Crippen molar-refractivity contribution in [3.8, 4) is 5.69 Å². The van der Waals surface area contributed by atoms with Crippen molar-refractivity contribution in [3.63, 3.8) is 0 Å². The Bertz CT molecular complexity index is 794. The van der Waals surface area contributed by atoms with Crippen LogP contribution in [0, 0.1) is 0 Å². The molecule has 3 aromatic rings. The molecule has 0 saturated carbocycles. The summed E-state index contributed by atoms with van der Waals surface area (Å²) >= 11 is 1.78. The van der Waals surface area contributed by atoms with Gasteiger partial charge in [-0.25, -0.2) is 0 Å². The third-order valence-corrected chi connectivity index (χ3v) is 5.00. The van der Waals surface area contributed by atoms with Crippen LogP contribution >= 0.6 is 11.3 Å². The molecule has 1 atom stereocenters. The number of nitrogens with zero attached hydrogens (tertiary/aromatic N) is 4. The van der Waals surface area contributed by atoms with Crippen molar-refractivity contribution < 1.29 is 0 Å². The number of nitrogens with one attached hydrogen (secondary N) is 2. The Morgan fingerprint density at radius 3 is 2.76 bits per heavy atom. The van der Waals surface area contributed by atoms with Gasteiger partial charge in [-0.3, -0.25) is 9.56 Å². The summed E-state index contributed by atoms with van der Waals surface area (Å²) in [6.45, 7) is 3.58. The molecule has 3 rings (SSSR count). The molecule has 0 aliphatic carbocycles. The normalized spacial score (nSPS) is 12.8. The largest absolute Gasteiger partial charge is 0.356 e. The Balaban J connectivity index is 1.56. The lowest BCUT2D eigenvalue weighted by atomic mass is 10.1. The molecule has 2 N–H and O–H groups in total. The summed E-state index contributed by atoms with van der Waals surface area (Å²) in [4.78, 5) is 5.65. The third-order valence-electron chi connectivity index (χ3n) is 3.89. The number of hydrogen-bond acceptors (Lipinski definition) is 4. The van der Waals surface area contributed by atoms with E-state index in [1.807, 2.05) is 34.9 Å². The Morgan fingerprint density at radius 1 is 1.20 bits per heavy atom. The third kappa shape index (κ3) is 4.45. The van der Waals surface area contributed by atoms with Crippen LogP contribution in [-0.4, -0.2) is 34.3 Å². The maximum atomic E-state index is 4.28. The van der Waals surface area contributed by atoms with E-state index in [4.69, 9.17) is 0 Å². The smallest absolute Gasteiger partial charge is 0.191 e. The molecule has 7 heteroatoms. The van der Waals surface area contributed by atoms with Gasteiger partial charge in [0.05, 0.1) is 6.54 Å². The summed E-state index contributed by atoms with van der Waals surface area (Å²) in [5.74, 6) is 2.03. The van der Waals surface area contributed by atoms with Crippen LogP contribution in [0.25, 0.3) is 5.69 Å². The molecule has 2 aromatic heterocycles. The molecule has 130 valence electrons. The van der Waals surface area contributed by atoms with E-state index in [2.05, 4.69) is 50.3 Å². The SMILES string of the molecule is CN=C(NCc1nncn1-c1ccccc1)NCC(C)c1cccs1. The van der Waals surface area contributed by atoms with Gasteiger partial charge in [0.1, 0.15) is 6.33 Å². The maximum absolute atomic E-state index is 4.28. The van der Waals surface area contributed by atoms with Gasteiger partial charge in [-0.2, -0.15) is 0 Å². The van der Waals surface area contributed by atoms with Crippen molar-refractivity contribution in [1.29, 1.82) is 0 Å². The molecule has 2 heterocycles. The second kappa shape index (κ2) is 8.43. The minimum Gasteiger partial charge on any atom is -0.356 e. The van der Waals surface area contributed by atoms with E-state index in [-0.39, 0.29) is 0 Å². The van der Waals surface area contributed by atoms with E-state index in [9.17, 15) is 0 Å². The first-order valence-electron chi connectivity index (χ1n) is 8.20. The molecule has 6 nitrogen and oxygen atoms in total. The van der Waals surface area contributed by atoms with Crippen molar-refractivity contribution in [1.82, 2.24) is 25.4 Å². The fraction of sp³-hybridized carbons (Fsp3) is 0.278. The van der Waals surface area contributed by atoms with Crippen molar-refractivity contribution in [2.24, 2.45) is 4.99 Å². The lowest BCUT2D eigenvalue weighted by Crippen LogP contribution is -2.39. The minimum atomic E-state index is 0.437. The number of rotatable bonds is 6. The van der Waals surface area contributed by atoms with Gasteiger partial charge < -0.3 is 10.6 Å². The first-order chi connectivity index (χ1) is 12.3. The Labute approximate surface area is 151 Å². The molecule has 0 spiro atoms. The summed E-state index contributed by atoms with van der Waals surface area (Å²) in [7, 11) is 1.77. The molecule has 25 heavy (non-hydrogen) atoms. The van der Waals surface area contributed by atoms with Gasteiger partial charge in [-0.1, -0.05) is 31.2 Å². The topological polar surface area (TPSA) is 67.1 Å². The van der Waals surface area contributed by atoms with E-state index in [0.29, 0.717) is 12.5 Å². The van der Waals surface area contributed by atoms with Gasteiger partial charge >= 0.3 is 0 Å². The van der Waals surface area contributed by atoms with E-state index in [1.165, 1.54) is 4.88 Å². The second-order valence-corrected chi connectivity index (χ2v) is 6.66. The Morgan fingerprint density at radius 2 is 2.04 bits per heavy atom. The van der Waals surface area contributed by atoms with Crippen LogP contribution < -0.4 is 10.6 Å². The first kappa shape index (κ1) is 17.2. The van der Waals surface area contributed by atoms with Crippen molar-refractivity contribution in [3.05, 3.63) is 64.9 Å². The van der Waals surface area contributed by atoms with E-state index in [1.54, 1.807) is 24.7 Å².